The van der Waals surface area contributed by atoms with E-state index in [2.05, 4.69) is 27.7 Å². The van der Waals surface area contributed by atoms with Crippen molar-refractivity contribution in [3.05, 3.63) is 0 Å². The highest BCUT2D eigenvalue weighted by Crippen LogP contribution is 2.23. The summed E-state index contributed by atoms with van der Waals surface area (Å²) in [5.74, 6) is 0. The lowest BCUT2D eigenvalue weighted by molar-refractivity contribution is -0.0323. The van der Waals surface area contributed by atoms with E-state index in [-0.39, 0.29) is 13.2 Å². The molecule has 262 valence electrons. The molecule has 0 saturated heterocycles. The second kappa shape index (κ2) is 39.9. The van der Waals surface area contributed by atoms with Crippen LogP contribution in [0.15, 0.2) is 0 Å². The van der Waals surface area contributed by atoms with Gasteiger partial charge in [0.15, 0.2) is 0 Å². The number of unbranched alkanes of at least 4 members (excludes halogenated alkanes) is 22. The van der Waals surface area contributed by atoms with Gasteiger partial charge in [-0.15, -0.1) is 0 Å². The quantitative estimate of drug-likeness (QED) is 0.0631. The third-order valence-electron chi connectivity index (χ3n) is 8.83. The second-order valence-electron chi connectivity index (χ2n) is 13.3. The SMILES string of the molecule is CCCCCCCCCCCCC(CCCCC)OC(CCCCC)CCCCCCCCCCCC.OCC(O)CO. The third kappa shape index (κ3) is 37.9. The van der Waals surface area contributed by atoms with Crippen LogP contribution in [0, 0.1) is 0 Å². The van der Waals surface area contributed by atoms with Crippen LogP contribution < -0.4 is 0 Å². The van der Waals surface area contributed by atoms with Crippen LogP contribution in [0.2, 0.25) is 0 Å². The van der Waals surface area contributed by atoms with Gasteiger partial charge in [-0.25, -0.2) is 0 Å². The predicted octanol–water partition coefficient (Wildman–Crippen LogP) is 11.9. The van der Waals surface area contributed by atoms with Crippen molar-refractivity contribution >= 4 is 0 Å². The molecule has 4 heteroatoms. The lowest BCUT2D eigenvalue weighted by atomic mass is 10.00. The molecule has 0 bridgehead atoms. The molecular weight excluding hydrogens is 532 g/mol. The van der Waals surface area contributed by atoms with Crippen LogP contribution in [-0.4, -0.2) is 46.8 Å². The zero-order valence-electron chi connectivity index (χ0n) is 30.1. The van der Waals surface area contributed by atoms with Gasteiger partial charge in [0.1, 0.15) is 6.10 Å². The maximum absolute atomic E-state index is 8.17. The average molecular weight is 615 g/mol. The first-order valence-corrected chi connectivity index (χ1v) is 19.6. The maximum atomic E-state index is 8.17. The van der Waals surface area contributed by atoms with E-state index in [0.29, 0.717) is 12.2 Å². The molecule has 4 nitrogen and oxygen atoms in total. The van der Waals surface area contributed by atoms with E-state index in [9.17, 15) is 0 Å². The Morgan fingerprint density at radius 3 is 0.791 bits per heavy atom. The van der Waals surface area contributed by atoms with Crippen LogP contribution in [0.4, 0.5) is 0 Å². The van der Waals surface area contributed by atoms with Gasteiger partial charge in [0.2, 0.25) is 0 Å². The van der Waals surface area contributed by atoms with E-state index in [1.807, 2.05) is 0 Å². The lowest BCUT2D eigenvalue weighted by Crippen LogP contribution is -2.23. The van der Waals surface area contributed by atoms with Gasteiger partial charge in [-0.05, 0) is 25.7 Å². The Balaban J connectivity index is 0. The molecule has 0 aliphatic rings. The molecule has 0 aromatic heterocycles. The summed E-state index contributed by atoms with van der Waals surface area (Å²) in [6, 6.07) is 0. The molecule has 43 heavy (non-hydrogen) atoms. The fourth-order valence-corrected chi connectivity index (χ4v) is 5.85. The molecule has 0 aliphatic heterocycles. The highest BCUT2D eigenvalue weighted by atomic mass is 16.5. The highest BCUT2D eigenvalue weighted by Gasteiger charge is 2.16. The Bertz CT molecular complexity index is 432. The molecule has 2 atom stereocenters. The first-order chi connectivity index (χ1) is 21.1. The van der Waals surface area contributed by atoms with E-state index in [0.717, 1.165) is 0 Å². The lowest BCUT2D eigenvalue weighted by Gasteiger charge is -2.26. The summed E-state index contributed by atoms with van der Waals surface area (Å²) in [7, 11) is 0. The molecule has 0 aromatic carbocycles. The first-order valence-electron chi connectivity index (χ1n) is 19.6. The van der Waals surface area contributed by atoms with Crippen molar-refractivity contribution in [2.24, 2.45) is 0 Å². The molecule has 0 rings (SSSR count). The minimum atomic E-state index is -0.954. The minimum Gasteiger partial charge on any atom is -0.394 e. The molecule has 0 amide bonds. The summed E-state index contributed by atoms with van der Waals surface area (Å²) in [5, 5.41) is 24.0. The normalized spacial score (nSPS) is 12.8. The van der Waals surface area contributed by atoms with Crippen molar-refractivity contribution in [3.63, 3.8) is 0 Å². The zero-order valence-corrected chi connectivity index (χ0v) is 30.1. The fourth-order valence-electron chi connectivity index (χ4n) is 5.85. The second-order valence-corrected chi connectivity index (χ2v) is 13.3. The summed E-state index contributed by atoms with van der Waals surface area (Å²) in [5.41, 5.74) is 0. The van der Waals surface area contributed by atoms with Crippen molar-refractivity contribution in [2.45, 2.75) is 239 Å². The topological polar surface area (TPSA) is 69.9 Å². The predicted molar refractivity (Wildman–Crippen MR) is 190 cm³/mol. The number of aliphatic hydroxyl groups is 3. The summed E-state index contributed by atoms with van der Waals surface area (Å²) in [6.07, 6.45) is 42.0. The highest BCUT2D eigenvalue weighted by molar-refractivity contribution is 4.67. The van der Waals surface area contributed by atoms with Crippen molar-refractivity contribution in [3.8, 4) is 0 Å². The maximum Gasteiger partial charge on any atom is 0.100 e. The number of hydrogen-bond acceptors (Lipinski definition) is 4. The molecule has 2 unspecified atom stereocenters. The van der Waals surface area contributed by atoms with Gasteiger partial charge in [-0.2, -0.15) is 0 Å². The molecule has 0 heterocycles. The molecular formula is C39H82O4. The average Bonchev–Trinajstić information content (AvgIpc) is 3.02. The zero-order chi connectivity index (χ0) is 32.1. The molecule has 3 N–H and O–H groups in total. The van der Waals surface area contributed by atoms with Crippen molar-refractivity contribution in [1.29, 1.82) is 0 Å². The summed E-state index contributed by atoms with van der Waals surface area (Å²) in [6.45, 7) is 8.55. The minimum absolute atomic E-state index is 0.365. The largest absolute Gasteiger partial charge is 0.394 e. The Morgan fingerprint density at radius 1 is 0.349 bits per heavy atom. The smallest absolute Gasteiger partial charge is 0.100 e. The Morgan fingerprint density at radius 2 is 0.558 bits per heavy atom. The van der Waals surface area contributed by atoms with Crippen molar-refractivity contribution < 1.29 is 20.1 Å². The number of ether oxygens (including phenoxy) is 1. The van der Waals surface area contributed by atoms with E-state index in [4.69, 9.17) is 20.1 Å². The van der Waals surface area contributed by atoms with E-state index in [1.54, 1.807) is 0 Å². The van der Waals surface area contributed by atoms with Crippen LogP contribution in [0.1, 0.15) is 220 Å². The van der Waals surface area contributed by atoms with Crippen LogP contribution in [0.5, 0.6) is 0 Å². The van der Waals surface area contributed by atoms with Gasteiger partial charge in [0.05, 0.1) is 25.4 Å². The van der Waals surface area contributed by atoms with Gasteiger partial charge < -0.3 is 20.1 Å². The monoisotopic (exact) mass is 615 g/mol. The van der Waals surface area contributed by atoms with Gasteiger partial charge >= 0.3 is 0 Å². The van der Waals surface area contributed by atoms with Crippen LogP contribution >= 0.6 is 0 Å². The standard InChI is InChI=1S/C36H74O.C3H8O3/c1-5-9-13-15-17-19-21-23-25-29-33-35(31-27-11-7-3)37-36(32-28-12-8-4)34-30-26-24-22-20-18-16-14-10-6-2;4-1-3(6)2-5/h35-36H,5-34H2,1-4H3;3-6H,1-2H2. The fraction of sp³-hybridized carbons (Fsp3) is 1.00. The van der Waals surface area contributed by atoms with Crippen LogP contribution in [0.3, 0.4) is 0 Å². The van der Waals surface area contributed by atoms with Crippen LogP contribution in [0.25, 0.3) is 0 Å². The van der Waals surface area contributed by atoms with Crippen molar-refractivity contribution in [2.75, 3.05) is 13.2 Å². The molecule has 0 aromatic rings. The van der Waals surface area contributed by atoms with Gasteiger partial charge in [0, 0.05) is 0 Å². The van der Waals surface area contributed by atoms with E-state index in [1.165, 1.54) is 193 Å². The molecule has 0 aliphatic carbocycles. The Kier molecular flexibility index (Phi) is 41.7. The molecule has 0 spiro atoms. The van der Waals surface area contributed by atoms with Crippen molar-refractivity contribution in [1.82, 2.24) is 0 Å². The number of hydrogen-bond donors (Lipinski definition) is 3. The van der Waals surface area contributed by atoms with Crippen LogP contribution in [-0.2, 0) is 4.74 Å². The van der Waals surface area contributed by atoms with Gasteiger partial charge in [-0.1, -0.05) is 195 Å². The first kappa shape index (κ1) is 45.0. The molecule has 0 saturated carbocycles. The number of aliphatic hydroxyl groups excluding tert-OH is 3. The van der Waals surface area contributed by atoms with E-state index >= 15 is 0 Å². The van der Waals surface area contributed by atoms with Gasteiger partial charge in [-0.3, -0.25) is 0 Å². The summed E-state index contributed by atoms with van der Waals surface area (Å²) >= 11 is 0. The number of rotatable bonds is 34. The molecule has 0 radical (unpaired) electrons. The Hall–Kier alpha value is -0.160. The summed E-state index contributed by atoms with van der Waals surface area (Å²) < 4.78 is 6.91. The third-order valence-corrected chi connectivity index (χ3v) is 8.83. The van der Waals surface area contributed by atoms with Gasteiger partial charge in [0.25, 0.3) is 0 Å². The Labute approximate surface area is 271 Å². The summed E-state index contributed by atoms with van der Waals surface area (Å²) in [4.78, 5) is 0. The van der Waals surface area contributed by atoms with E-state index < -0.39 is 6.10 Å². The molecule has 0 fully saturated rings.